The minimum absolute atomic E-state index is 0.00327. The van der Waals surface area contributed by atoms with Gasteiger partial charge in [0.05, 0.1) is 6.10 Å². The Morgan fingerprint density at radius 2 is 2.21 bits per heavy atom. The smallest absolute Gasteiger partial charge is 0.316 e. The number of hydrogen-bond acceptors (Lipinski definition) is 7. The van der Waals surface area contributed by atoms with Crippen molar-refractivity contribution in [2.45, 2.75) is 26.6 Å². The molecule has 0 saturated carbocycles. The summed E-state index contributed by atoms with van der Waals surface area (Å²) in [5.41, 5.74) is 0.603. The van der Waals surface area contributed by atoms with Crippen LogP contribution in [-0.2, 0) is 11.4 Å². The lowest BCUT2D eigenvalue weighted by Crippen LogP contribution is -2.30. The number of hydrogen-bond donors (Lipinski definition) is 3. The van der Waals surface area contributed by atoms with Gasteiger partial charge in [-0.1, -0.05) is 11.2 Å². The van der Waals surface area contributed by atoms with Crippen LogP contribution >= 0.6 is 0 Å². The quantitative estimate of drug-likeness (QED) is 0.681. The number of amides is 2. The second kappa shape index (κ2) is 8.06. The molecule has 128 valence electrons. The van der Waals surface area contributed by atoms with Crippen molar-refractivity contribution in [2.75, 3.05) is 11.9 Å². The highest BCUT2D eigenvalue weighted by Crippen LogP contribution is 2.18. The first-order chi connectivity index (χ1) is 11.4. The fourth-order valence-corrected chi connectivity index (χ4v) is 1.74. The molecule has 0 aliphatic heterocycles. The van der Waals surface area contributed by atoms with Crippen LogP contribution in [0.5, 0.6) is 5.75 Å². The Balaban J connectivity index is 1.91. The molecule has 0 saturated heterocycles. The normalized spacial score (nSPS) is 11.6. The zero-order chi connectivity index (χ0) is 17.5. The summed E-state index contributed by atoms with van der Waals surface area (Å²) in [5.74, 6) is -0.255. The van der Waals surface area contributed by atoms with Gasteiger partial charge in [0.1, 0.15) is 5.75 Å². The van der Waals surface area contributed by atoms with E-state index >= 15 is 0 Å². The number of rotatable bonds is 7. The standard InChI is InChI=1S/C15H18N4O5/c1-9(20)7-16-14(22)15-18-13(19-24-15)8-23-12-5-3-4-11(6-12)17-10(2)21/h3-6,9,20H,7-8H2,1-2H3,(H,16,22)(H,17,21)/t9-/m0/s1. The molecule has 1 heterocycles. The monoisotopic (exact) mass is 334 g/mol. The molecule has 3 N–H and O–H groups in total. The van der Waals surface area contributed by atoms with Gasteiger partial charge in [-0.2, -0.15) is 4.98 Å². The third-order valence-corrected chi connectivity index (χ3v) is 2.74. The SMILES string of the molecule is CC(=O)Nc1cccc(OCc2noc(C(=O)NC[C@H](C)O)n2)c1. The minimum atomic E-state index is -0.671. The van der Waals surface area contributed by atoms with Gasteiger partial charge in [0.25, 0.3) is 0 Å². The second-order valence-electron chi connectivity index (χ2n) is 5.07. The minimum Gasteiger partial charge on any atom is -0.485 e. The van der Waals surface area contributed by atoms with Gasteiger partial charge < -0.3 is 25.0 Å². The van der Waals surface area contributed by atoms with E-state index in [2.05, 4.69) is 20.8 Å². The van der Waals surface area contributed by atoms with Gasteiger partial charge in [0, 0.05) is 25.2 Å². The number of anilines is 1. The number of carbonyl (C=O) groups excluding carboxylic acids is 2. The Morgan fingerprint density at radius 1 is 1.42 bits per heavy atom. The van der Waals surface area contributed by atoms with E-state index < -0.39 is 12.0 Å². The molecule has 0 unspecified atom stereocenters. The highest BCUT2D eigenvalue weighted by molar-refractivity contribution is 5.89. The van der Waals surface area contributed by atoms with Gasteiger partial charge in [0.2, 0.25) is 11.7 Å². The molecule has 0 spiro atoms. The van der Waals surface area contributed by atoms with Gasteiger partial charge >= 0.3 is 11.8 Å². The van der Waals surface area contributed by atoms with E-state index in [1.807, 2.05) is 0 Å². The molecule has 0 bridgehead atoms. The predicted molar refractivity (Wildman–Crippen MR) is 83.4 cm³/mol. The first kappa shape index (κ1) is 17.4. The van der Waals surface area contributed by atoms with E-state index in [-0.39, 0.29) is 30.8 Å². The average Bonchev–Trinajstić information content (AvgIpc) is 2.99. The second-order valence-corrected chi connectivity index (χ2v) is 5.07. The molecule has 2 rings (SSSR count). The number of aliphatic hydroxyl groups excluding tert-OH is 1. The van der Waals surface area contributed by atoms with Gasteiger partial charge in [-0.3, -0.25) is 9.59 Å². The molecule has 0 aliphatic rings. The number of ether oxygens (including phenoxy) is 1. The fourth-order valence-electron chi connectivity index (χ4n) is 1.74. The maximum absolute atomic E-state index is 11.7. The Hall–Kier alpha value is -2.94. The Bertz CT molecular complexity index is 713. The van der Waals surface area contributed by atoms with Crippen LogP contribution in [0, 0.1) is 0 Å². The summed E-state index contributed by atoms with van der Waals surface area (Å²) >= 11 is 0. The molecular weight excluding hydrogens is 316 g/mol. The maximum Gasteiger partial charge on any atom is 0.316 e. The van der Waals surface area contributed by atoms with E-state index in [1.165, 1.54) is 6.92 Å². The first-order valence-corrected chi connectivity index (χ1v) is 7.23. The third kappa shape index (κ3) is 5.36. The van der Waals surface area contributed by atoms with Crippen molar-refractivity contribution in [1.29, 1.82) is 0 Å². The number of benzene rings is 1. The molecule has 2 aromatic rings. The van der Waals surface area contributed by atoms with Crippen LogP contribution < -0.4 is 15.4 Å². The molecule has 9 heteroatoms. The van der Waals surface area contributed by atoms with Gasteiger partial charge in [0.15, 0.2) is 6.61 Å². The molecule has 0 radical (unpaired) electrons. The number of carbonyl (C=O) groups is 2. The van der Waals surface area contributed by atoms with E-state index in [4.69, 9.17) is 14.4 Å². The fraction of sp³-hybridized carbons (Fsp3) is 0.333. The van der Waals surface area contributed by atoms with Gasteiger partial charge in [-0.05, 0) is 19.1 Å². The van der Waals surface area contributed by atoms with Crippen LogP contribution in [0.4, 0.5) is 5.69 Å². The van der Waals surface area contributed by atoms with E-state index in [0.29, 0.717) is 11.4 Å². The van der Waals surface area contributed by atoms with Crippen LogP contribution in [0.1, 0.15) is 30.4 Å². The zero-order valence-electron chi connectivity index (χ0n) is 13.3. The summed E-state index contributed by atoms with van der Waals surface area (Å²) in [7, 11) is 0. The van der Waals surface area contributed by atoms with Crippen LogP contribution in [0.2, 0.25) is 0 Å². The van der Waals surface area contributed by atoms with Crippen LogP contribution in [0.15, 0.2) is 28.8 Å². The first-order valence-electron chi connectivity index (χ1n) is 7.23. The van der Waals surface area contributed by atoms with Crippen molar-refractivity contribution in [2.24, 2.45) is 0 Å². The third-order valence-electron chi connectivity index (χ3n) is 2.74. The number of aromatic nitrogens is 2. The Labute approximate surface area is 138 Å². The molecule has 1 aromatic heterocycles. The Morgan fingerprint density at radius 3 is 2.92 bits per heavy atom. The molecule has 24 heavy (non-hydrogen) atoms. The molecule has 1 aromatic carbocycles. The molecule has 0 aliphatic carbocycles. The van der Waals surface area contributed by atoms with Crippen LogP contribution in [0.25, 0.3) is 0 Å². The van der Waals surface area contributed by atoms with Crippen molar-refractivity contribution >= 4 is 17.5 Å². The van der Waals surface area contributed by atoms with Crippen molar-refractivity contribution in [3.8, 4) is 5.75 Å². The molecule has 9 nitrogen and oxygen atoms in total. The summed E-state index contributed by atoms with van der Waals surface area (Å²) in [6.45, 7) is 3.04. The maximum atomic E-state index is 11.7. The highest BCUT2D eigenvalue weighted by Gasteiger charge is 2.15. The highest BCUT2D eigenvalue weighted by atomic mass is 16.5. The summed E-state index contributed by atoms with van der Waals surface area (Å²) in [6.07, 6.45) is -0.671. The molecular formula is C15H18N4O5. The summed E-state index contributed by atoms with van der Waals surface area (Å²) < 4.78 is 10.3. The number of nitrogens with zero attached hydrogens (tertiary/aromatic N) is 2. The molecule has 2 amide bonds. The van der Waals surface area contributed by atoms with Crippen molar-refractivity contribution < 1.29 is 24.0 Å². The predicted octanol–water partition coefficient (Wildman–Crippen LogP) is 0.718. The number of aliphatic hydroxyl groups is 1. The van der Waals surface area contributed by atoms with Crippen LogP contribution in [0.3, 0.4) is 0 Å². The molecule has 0 fully saturated rings. The van der Waals surface area contributed by atoms with E-state index in [1.54, 1.807) is 31.2 Å². The summed E-state index contributed by atoms with van der Waals surface area (Å²) in [5, 5.41) is 17.8. The average molecular weight is 334 g/mol. The largest absolute Gasteiger partial charge is 0.485 e. The molecule has 1 atom stereocenters. The number of nitrogens with one attached hydrogen (secondary N) is 2. The summed E-state index contributed by atoms with van der Waals surface area (Å²) in [6, 6.07) is 6.82. The zero-order valence-corrected chi connectivity index (χ0v) is 13.3. The van der Waals surface area contributed by atoms with Gasteiger partial charge in [-0.15, -0.1) is 0 Å². The lowest BCUT2D eigenvalue weighted by molar-refractivity contribution is -0.114. The van der Waals surface area contributed by atoms with Gasteiger partial charge in [-0.25, -0.2) is 0 Å². The van der Waals surface area contributed by atoms with E-state index in [9.17, 15) is 9.59 Å². The van der Waals surface area contributed by atoms with Crippen molar-refractivity contribution in [1.82, 2.24) is 15.5 Å². The Kier molecular flexibility index (Phi) is 5.85. The topological polar surface area (TPSA) is 127 Å². The van der Waals surface area contributed by atoms with E-state index in [0.717, 1.165) is 0 Å². The van der Waals surface area contributed by atoms with Crippen molar-refractivity contribution in [3.05, 3.63) is 36.0 Å². The van der Waals surface area contributed by atoms with Crippen LogP contribution in [-0.4, -0.2) is 39.7 Å². The lowest BCUT2D eigenvalue weighted by Gasteiger charge is -2.06. The van der Waals surface area contributed by atoms with Crippen molar-refractivity contribution in [3.63, 3.8) is 0 Å². The summed E-state index contributed by atoms with van der Waals surface area (Å²) in [4.78, 5) is 26.6. The lowest BCUT2D eigenvalue weighted by atomic mass is 10.3.